The van der Waals surface area contributed by atoms with Crippen LogP contribution in [0.1, 0.15) is 0 Å². The van der Waals surface area contributed by atoms with Crippen LogP contribution < -0.4 is 0 Å². The topological polar surface area (TPSA) is 35.1 Å². The Labute approximate surface area is 285 Å². The minimum atomic E-state index is 0.671. The summed E-state index contributed by atoms with van der Waals surface area (Å²) >= 11 is 0. The molecule has 0 radical (unpaired) electrons. The summed E-state index contributed by atoms with van der Waals surface area (Å²) in [5.74, 6) is 0.671. The third-order valence-corrected chi connectivity index (χ3v) is 10.8. The van der Waals surface area contributed by atoms with Gasteiger partial charge >= 0.3 is 0 Å². The summed E-state index contributed by atoms with van der Waals surface area (Å²) in [7, 11) is 0. The molecule has 0 atom stereocenters. The highest BCUT2D eigenvalue weighted by molar-refractivity contribution is 6.37. The highest BCUT2D eigenvalue weighted by atomic mass is 15.2. The molecule has 0 amide bonds. The predicted octanol–water partition coefficient (Wildman–Crippen LogP) is 11.9. The molecule has 50 heavy (non-hydrogen) atoms. The van der Waals surface area contributed by atoms with E-state index in [-0.39, 0.29) is 0 Å². The minimum absolute atomic E-state index is 0.671. The van der Waals surface area contributed by atoms with E-state index in [1.807, 2.05) is 6.07 Å². The van der Waals surface area contributed by atoms with Crippen molar-refractivity contribution < 1.29 is 0 Å². The van der Waals surface area contributed by atoms with E-state index in [1.54, 1.807) is 0 Å². The summed E-state index contributed by atoms with van der Waals surface area (Å²) in [5.41, 5.74) is 8.79. The SMILES string of the molecule is c1ccc(-c2nc(-n3c4cccc5c6cccc7c8c9ccccc9c9ccccc9c8n(c8cccc3c8c54)c67)nc3ccccc23)cc1. The Morgan fingerprint density at radius 3 is 1.72 bits per heavy atom. The van der Waals surface area contributed by atoms with Crippen LogP contribution in [0.3, 0.4) is 0 Å². The van der Waals surface area contributed by atoms with Gasteiger partial charge in [0.1, 0.15) is 0 Å². The van der Waals surface area contributed by atoms with E-state index in [2.05, 4.69) is 161 Å². The molecule has 0 saturated heterocycles. The van der Waals surface area contributed by atoms with Crippen molar-refractivity contribution in [1.29, 1.82) is 0 Å². The smallest absolute Gasteiger partial charge is 0.235 e. The molecule has 230 valence electrons. The molecule has 4 nitrogen and oxygen atoms in total. The maximum Gasteiger partial charge on any atom is 0.235 e. The standard InChI is InChI=1S/C46H26N4/c1-2-13-27(14-3-1)43-34-19-8-9-23-36(34)47-46(48-43)49-37-24-11-20-31-33-21-10-22-35-40-30-17-6-4-15-28(30)29-16-5-7-18-32(29)45(40)50(44(33)35)39-26-12-25-38(49)42(39)41(31)37/h1-26H. The monoisotopic (exact) mass is 634 g/mol. The summed E-state index contributed by atoms with van der Waals surface area (Å²) in [4.78, 5) is 10.6. The number of nitrogens with zero attached hydrogens (tertiary/aromatic N) is 4. The van der Waals surface area contributed by atoms with E-state index in [1.165, 1.54) is 70.4 Å². The van der Waals surface area contributed by atoms with Crippen molar-refractivity contribution >= 4 is 92.3 Å². The van der Waals surface area contributed by atoms with E-state index >= 15 is 0 Å². The molecule has 0 fully saturated rings. The lowest BCUT2D eigenvalue weighted by molar-refractivity contribution is 1.01. The van der Waals surface area contributed by atoms with Gasteiger partial charge in [0.15, 0.2) is 0 Å². The Bertz CT molecular complexity index is 3370. The highest BCUT2D eigenvalue weighted by Gasteiger charge is 2.25. The lowest BCUT2D eigenvalue weighted by Gasteiger charge is -2.12. The normalized spacial score (nSPS) is 12.4. The molecule has 4 aromatic heterocycles. The van der Waals surface area contributed by atoms with Gasteiger partial charge in [-0.1, -0.05) is 133 Å². The summed E-state index contributed by atoms with van der Waals surface area (Å²) < 4.78 is 4.83. The Hall–Kier alpha value is -6.78. The second-order valence-electron chi connectivity index (χ2n) is 13.3. The highest BCUT2D eigenvalue weighted by Crippen LogP contribution is 2.47. The Kier molecular flexibility index (Phi) is 4.94. The summed E-state index contributed by atoms with van der Waals surface area (Å²) in [6.45, 7) is 0. The first-order valence-electron chi connectivity index (χ1n) is 17.1. The first-order chi connectivity index (χ1) is 24.8. The van der Waals surface area contributed by atoms with Crippen LogP contribution in [0.15, 0.2) is 158 Å². The first kappa shape index (κ1) is 26.2. The van der Waals surface area contributed by atoms with Crippen LogP contribution in [0.5, 0.6) is 0 Å². The summed E-state index contributed by atoms with van der Waals surface area (Å²) in [5, 5.41) is 13.6. The van der Waals surface area contributed by atoms with Crippen molar-refractivity contribution in [1.82, 2.24) is 18.9 Å². The van der Waals surface area contributed by atoms with Crippen molar-refractivity contribution in [3.05, 3.63) is 158 Å². The quantitative estimate of drug-likeness (QED) is 0.177. The van der Waals surface area contributed by atoms with Crippen molar-refractivity contribution in [3.63, 3.8) is 0 Å². The summed E-state index contributed by atoms with van der Waals surface area (Å²) in [6.07, 6.45) is 0. The van der Waals surface area contributed by atoms with E-state index < -0.39 is 0 Å². The van der Waals surface area contributed by atoms with Gasteiger partial charge in [-0.05, 0) is 45.8 Å². The van der Waals surface area contributed by atoms with Crippen LogP contribution in [-0.4, -0.2) is 18.9 Å². The van der Waals surface area contributed by atoms with Gasteiger partial charge in [0, 0.05) is 43.3 Å². The second kappa shape index (κ2) is 9.43. The number of hydrogen-bond acceptors (Lipinski definition) is 2. The number of para-hydroxylation sites is 2. The Morgan fingerprint density at radius 2 is 0.880 bits per heavy atom. The van der Waals surface area contributed by atoms with Gasteiger partial charge in [-0.25, -0.2) is 9.97 Å². The Balaban J connectivity index is 1.34. The fourth-order valence-corrected chi connectivity index (χ4v) is 8.88. The van der Waals surface area contributed by atoms with Gasteiger partial charge in [0.25, 0.3) is 0 Å². The van der Waals surface area contributed by atoms with Crippen LogP contribution in [0.25, 0.3) is 110 Å². The van der Waals surface area contributed by atoms with Crippen LogP contribution >= 0.6 is 0 Å². The Morgan fingerprint density at radius 1 is 0.340 bits per heavy atom. The number of rotatable bonds is 2. The lowest BCUT2D eigenvalue weighted by Crippen LogP contribution is -2.03. The molecule has 0 aliphatic carbocycles. The molecule has 4 heteroatoms. The fraction of sp³-hybridized carbons (Fsp3) is 0. The second-order valence-corrected chi connectivity index (χ2v) is 13.3. The molecule has 0 bridgehead atoms. The molecule has 4 heterocycles. The predicted molar refractivity (Wildman–Crippen MR) is 209 cm³/mol. The molecule has 0 N–H and O–H groups in total. The van der Waals surface area contributed by atoms with Crippen molar-refractivity contribution in [2.24, 2.45) is 0 Å². The van der Waals surface area contributed by atoms with E-state index in [4.69, 9.17) is 9.97 Å². The van der Waals surface area contributed by atoms with Crippen LogP contribution in [-0.2, 0) is 0 Å². The third-order valence-electron chi connectivity index (χ3n) is 10.8. The van der Waals surface area contributed by atoms with E-state index in [0.717, 1.165) is 33.2 Å². The van der Waals surface area contributed by atoms with Gasteiger partial charge in [-0.2, -0.15) is 0 Å². The average molecular weight is 635 g/mol. The maximum atomic E-state index is 5.36. The largest absolute Gasteiger partial charge is 0.307 e. The molecular weight excluding hydrogens is 609 g/mol. The molecule has 0 unspecified atom stereocenters. The van der Waals surface area contributed by atoms with Crippen molar-refractivity contribution in [2.75, 3.05) is 0 Å². The number of hydrogen-bond donors (Lipinski definition) is 0. The van der Waals surface area contributed by atoms with Gasteiger partial charge in [-0.3, -0.25) is 4.57 Å². The zero-order valence-electron chi connectivity index (χ0n) is 26.8. The number of benzene rings is 8. The maximum absolute atomic E-state index is 5.36. The van der Waals surface area contributed by atoms with Crippen molar-refractivity contribution in [2.45, 2.75) is 0 Å². The molecule has 0 spiro atoms. The zero-order valence-corrected chi connectivity index (χ0v) is 26.8. The number of fused-ring (bicyclic) bond motifs is 11. The molecule has 0 saturated carbocycles. The van der Waals surface area contributed by atoms with Crippen LogP contribution in [0, 0.1) is 0 Å². The fourth-order valence-electron chi connectivity index (χ4n) is 8.88. The molecule has 0 aliphatic heterocycles. The molecule has 8 aromatic carbocycles. The molecular formula is C46H26N4. The summed E-state index contributed by atoms with van der Waals surface area (Å²) in [6, 6.07) is 56.8. The zero-order chi connectivity index (χ0) is 32.5. The van der Waals surface area contributed by atoms with Crippen LogP contribution in [0.2, 0.25) is 0 Å². The molecule has 12 aromatic rings. The van der Waals surface area contributed by atoms with Gasteiger partial charge in [-0.15, -0.1) is 0 Å². The average Bonchev–Trinajstić information content (AvgIpc) is 3.68. The van der Waals surface area contributed by atoms with Crippen molar-refractivity contribution in [3.8, 4) is 17.2 Å². The van der Waals surface area contributed by atoms with Gasteiger partial charge in [0.05, 0.1) is 38.8 Å². The minimum Gasteiger partial charge on any atom is -0.307 e. The first-order valence-corrected chi connectivity index (χ1v) is 17.1. The lowest BCUT2D eigenvalue weighted by atomic mass is 9.96. The van der Waals surface area contributed by atoms with Crippen LogP contribution in [0.4, 0.5) is 0 Å². The van der Waals surface area contributed by atoms with E-state index in [9.17, 15) is 0 Å². The number of aromatic nitrogens is 4. The molecule has 12 rings (SSSR count). The van der Waals surface area contributed by atoms with Gasteiger partial charge in [0.2, 0.25) is 5.95 Å². The third kappa shape index (κ3) is 3.21. The molecule has 0 aliphatic rings. The van der Waals surface area contributed by atoms with Gasteiger partial charge < -0.3 is 4.40 Å². The van der Waals surface area contributed by atoms with E-state index in [0.29, 0.717) is 5.95 Å².